The highest BCUT2D eigenvalue weighted by molar-refractivity contribution is 6.31. The maximum Gasteiger partial charge on any atom is 0.269 e. The molecule has 0 bridgehead atoms. The number of ether oxygens (including phenoxy) is 1. The van der Waals surface area contributed by atoms with E-state index in [1.807, 2.05) is 24.3 Å². The molecule has 2 amide bonds. The highest BCUT2D eigenvalue weighted by Crippen LogP contribution is 2.25. The minimum absolute atomic E-state index is 0.0976. The van der Waals surface area contributed by atoms with Crippen LogP contribution in [0, 0.1) is 0 Å². The van der Waals surface area contributed by atoms with Gasteiger partial charge in [0, 0.05) is 36.7 Å². The molecule has 0 aliphatic carbocycles. The summed E-state index contributed by atoms with van der Waals surface area (Å²) in [6, 6.07) is 15.9. The van der Waals surface area contributed by atoms with Crippen LogP contribution in [0.25, 0.3) is 17.0 Å². The quantitative estimate of drug-likeness (QED) is 0.514. The van der Waals surface area contributed by atoms with Gasteiger partial charge >= 0.3 is 0 Å². The van der Waals surface area contributed by atoms with Crippen molar-refractivity contribution in [3.05, 3.63) is 76.6 Å². The average Bonchev–Trinajstić information content (AvgIpc) is 2.73. The average molecular weight is 410 g/mol. The molecule has 7 heteroatoms. The fourth-order valence-corrected chi connectivity index (χ4v) is 2.90. The van der Waals surface area contributed by atoms with E-state index in [4.69, 9.17) is 16.3 Å². The number of benzene rings is 2. The van der Waals surface area contributed by atoms with Gasteiger partial charge in [-0.3, -0.25) is 9.59 Å². The number of nitrogens with zero attached hydrogens (tertiary/aromatic N) is 2. The number of likely N-dealkylation sites (N-methyl/N-ethyl adjacent to an activating group) is 1. The number of aromatic nitrogens is 1. The van der Waals surface area contributed by atoms with Gasteiger partial charge in [0.15, 0.2) is 0 Å². The van der Waals surface area contributed by atoms with Gasteiger partial charge < -0.3 is 15.0 Å². The van der Waals surface area contributed by atoms with Gasteiger partial charge in [-0.15, -0.1) is 0 Å². The van der Waals surface area contributed by atoms with Crippen LogP contribution in [0.1, 0.15) is 15.9 Å². The van der Waals surface area contributed by atoms with E-state index in [9.17, 15) is 9.59 Å². The van der Waals surface area contributed by atoms with Crippen molar-refractivity contribution in [3.63, 3.8) is 0 Å². The van der Waals surface area contributed by atoms with Gasteiger partial charge in [0.25, 0.3) is 11.8 Å². The third-order valence-electron chi connectivity index (χ3n) is 4.23. The summed E-state index contributed by atoms with van der Waals surface area (Å²) in [6.45, 7) is 0. The molecule has 6 nitrogen and oxygen atoms in total. The van der Waals surface area contributed by atoms with Crippen LogP contribution >= 0.6 is 11.6 Å². The van der Waals surface area contributed by atoms with Crippen molar-refractivity contribution in [2.45, 2.75) is 0 Å². The molecule has 1 N–H and O–H groups in total. The lowest BCUT2D eigenvalue weighted by molar-refractivity contribution is -0.124. The second-order valence-electron chi connectivity index (χ2n) is 6.50. The first-order valence-corrected chi connectivity index (χ1v) is 9.21. The van der Waals surface area contributed by atoms with E-state index in [-0.39, 0.29) is 22.7 Å². The second kappa shape index (κ2) is 8.75. The maximum atomic E-state index is 12.6. The third-order valence-corrected chi connectivity index (χ3v) is 4.53. The van der Waals surface area contributed by atoms with Crippen LogP contribution < -0.4 is 10.1 Å². The standard InChI is InChI=1S/C22H20ClN3O3/c1-26(2)22(28)19(25-21(27)14-7-5-4-6-8-14)12-16-11-15-9-10-17(29-3)13-18(15)24-20(16)23/h4-13H,1-3H3,(H,25,27)/b19-12-. The Hall–Kier alpha value is -3.38. The second-order valence-corrected chi connectivity index (χ2v) is 6.86. The molecule has 0 radical (unpaired) electrons. The normalized spacial score (nSPS) is 11.2. The summed E-state index contributed by atoms with van der Waals surface area (Å²) in [5.41, 5.74) is 1.73. The van der Waals surface area contributed by atoms with Gasteiger partial charge in [-0.2, -0.15) is 0 Å². The highest BCUT2D eigenvalue weighted by atomic mass is 35.5. The molecule has 0 saturated heterocycles. The molecule has 3 rings (SSSR count). The molecule has 0 saturated carbocycles. The monoisotopic (exact) mass is 409 g/mol. The number of halogens is 1. The summed E-state index contributed by atoms with van der Waals surface area (Å²) in [4.78, 5) is 31.0. The molecule has 0 unspecified atom stereocenters. The number of fused-ring (bicyclic) bond motifs is 1. The zero-order valence-electron chi connectivity index (χ0n) is 16.3. The van der Waals surface area contributed by atoms with E-state index in [0.717, 1.165) is 5.39 Å². The van der Waals surface area contributed by atoms with Crippen molar-refractivity contribution in [3.8, 4) is 5.75 Å². The van der Waals surface area contributed by atoms with Crippen LogP contribution in [0.2, 0.25) is 5.15 Å². The summed E-state index contributed by atoms with van der Waals surface area (Å²) in [6.07, 6.45) is 1.53. The molecule has 1 aromatic heterocycles. The Bertz CT molecular complexity index is 1100. The maximum absolute atomic E-state index is 12.6. The summed E-state index contributed by atoms with van der Waals surface area (Å²) in [7, 11) is 4.79. The van der Waals surface area contributed by atoms with Crippen LogP contribution in [0.3, 0.4) is 0 Å². The van der Waals surface area contributed by atoms with Gasteiger partial charge in [-0.25, -0.2) is 4.98 Å². The lowest BCUT2D eigenvalue weighted by Crippen LogP contribution is -2.34. The molecule has 29 heavy (non-hydrogen) atoms. The van der Waals surface area contributed by atoms with Gasteiger partial charge in [-0.05, 0) is 36.4 Å². The Kier molecular flexibility index (Phi) is 6.14. The number of carbonyl (C=O) groups is 2. The van der Waals surface area contributed by atoms with Gasteiger partial charge in [-0.1, -0.05) is 29.8 Å². The largest absolute Gasteiger partial charge is 0.497 e. The number of carbonyl (C=O) groups excluding carboxylic acids is 2. The molecule has 148 valence electrons. The van der Waals surface area contributed by atoms with E-state index in [2.05, 4.69) is 10.3 Å². The fraction of sp³-hybridized carbons (Fsp3) is 0.136. The number of methoxy groups -OCH3 is 1. The first-order chi connectivity index (χ1) is 13.9. The lowest BCUT2D eigenvalue weighted by atomic mass is 10.1. The Morgan fingerprint density at radius 3 is 2.48 bits per heavy atom. The van der Waals surface area contributed by atoms with Gasteiger partial charge in [0.1, 0.15) is 16.6 Å². The van der Waals surface area contributed by atoms with Crippen LogP contribution in [0.4, 0.5) is 0 Å². The molecule has 0 aliphatic rings. The summed E-state index contributed by atoms with van der Waals surface area (Å²) >= 11 is 6.35. The van der Waals surface area contributed by atoms with Crippen molar-refractivity contribution < 1.29 is 14.3 Å². The Balaban J connectivity index is 2.02. The van der Waals surface area contributed by atoms with Crippen LogP contribution in [0.5, 0.6) is 5.75 Å². The predicted octanol–water partition coefficient (Wildman–Crippen LogP) is 3.76. The molecule has 0 fully saturated rings. The summed E-state index contributed by atoms with van der Waals surface area (Å²) in [5, 5.41) is 3.72. The number of nitrogens with one attached hydrogen (secondary N) is 1. The minimum Gasteiger partial charge on any atom is -0.497 e. The van der Waals surface area contributed by atoms with Gasteiger partial charge in [0.2, 0.25) is 0 Å². The smallest absolute Gasteiger partial charge is 0.269 e. The fourth-order valence-electron chi connectivity index (χ4n) is 2.70. The molecular formula is C22H20ClN3O3. The highest BCUT2D eigenvalue weighted by Gasteiger charge is 2.17. The SMILES string of the molecule is COc1ccc2cc(/C=C(\NC(=O)c3ccccc3)C(=O)N(C)C)c(Cl)nc2c1. The topological polar surface area (TPSA) is 71.5 Å². The number of amides is 2. The first kappa shape index (κ1) is 20.4. The summed E-state index contributed by atoms with van der Waals surface area (Å²) < 4.78 is 5.21. The number of pyridine rings is 1. The predicted molar refractivity (Wildman–Crippen MR) is 114 cm³/mol. The zero-order valence-corrected chi connectivity index (χ0v) is 17.0. The summed E-state index contributed by atoms with van der Waals surface area (Å²) in [5.74, 6) is -0.0789. The molecule has 0 spiro atoms. The van der Waals surface area contributed by atoms with Crippen molar-refractivity contribution in [2.24, 2.45) is 0 Å². The number of hydrogen-bond acceptors (Lipinski definition) is 4. The number of hydrogen-bond donors (Lipinski definition) is 1. The Labute approximate surface area is 173 Å². The lowest BCUT2D eigenvalue weighted by Gasteiger charge is -2.15. The Morgan fingerprint density at radius 2 is 1.83 bits per heavy atom. The van der Waals surface area contributed by atoms with E-state index in [1.165, 1.54) is 11.0 Å². The molecular weight excluding hydrogens is 390 g/mol. The van der Waals surface area contributed by atoms with Crippen molar-refractivity contribution >= 4 is 40.4 Å². The van der Waals surface area contributed by atoms with Crippen LogP contribution in [0.15, 0.2) is 60.3 Å². The van der Waals surface area contributed by atoms with Crippen LogP contribution in [-0.4, -0.2) is 42.9 Å². The molecule has 3 aromatic rings. The van der Waals surface area contributed by atoms with Crippen molar-refractivity contribution in [1.29, 1.82) is 0 Å². The van der Waals surface area contributed by atoms with Crippen molar-refractivity contribution in [1.82, 2.24) is 15.2 Å². The van der Waals surface area contributed by atoms with Gasteiger partial charge in [0.05, 0.1) is 12.6 Å². The van der Waals surface area contributed by atoms with E-state index in [0.29, 0.717) is 22.4 Å². The first-order valence-electron chi connectivity index (χ1n) is 8.83. The molecule has 2 aromatic carbocycles. The zero-order chi connectivity index (χ0) is 21.0. The van der Waals surface area contributed by atoms with E-state index < -0.39 is 0 Å². The molecule has 0 aliphatic heterocycles. The third kappa shape index (κ3) is 4.73. The van der Waals surface area contributed by atoms with Crippen LogP contribution in [-0.2, 0) is 4.79 Å². The van der Waals surface area contributed by atoms with E-state index in [1.54, 1.807) is 51.5 Å². The Morgan fingerprint density at radius 1 is 1.10 bits per heavy atom. The van der Waals surface area contributed by atoms with E-state index >= 15 is 0 Å². The van der Waals surface area contributed by atoms with Crippen molar-refractivity contribution in [2.75, 3.05) is 21.2 Å². The molecule has 1 heterocycles. The minimum atomic E-state index is -0.387. The molecule has 0 atom stereocenters. The number of rotatable bonds is 5.